The average Bonchev–Trinajstić information content (AvgIpc) is 3.15. The van der Waals surface area contributed by atoms with Crippen molar-refractivity contribution in [3.63, 3.8) is 0 Å². The van der Waals surface area contributed by atoms with Crippen LogP contribution >= 0.6 is 0 Å². The van der Waals surface area contributed by atoms with Crippen LogP contribution in [-0.4, -0.2) is 41.5 Å². The largest absolute Gasteiger partial charge is 0.358 e. The number of carbonyl (C=O) groups excluding carboxylic acids is 1. The van der Waals surface area contributed by atoms with Crippen LogP contribution in [0.4, 0.5) is 0 Å². The van der Waals surface area contributed by atoms with Gasteiger partial charge in [0.05, 0.1) is 6.42 Å². The normalized spacial score (nSPS) is 16.8. The Labute approximate surface area is 138 Å². The molecule has 124 valence electrons. The van der Waals surface area contributed by atoms with E-state index >= 15 is 0 Å². The van der Waals surface area contributed by atoms with E-state index in [1.165, 1.54) is 23.8 Å². The molecule has 4 nitrogen and oxygen atoms in total. The van der Waals surface area contributed by atoms with E-state index in [-0.39, 0.29) is 5.91 Å². The van der Waals surface area contributed by atoms with Crippen LogP contribution in [0.15, 0.2) is 18.2 Å². The molecule has 2 N–H and O–H groups in total. The second-order valence-electron chi connectivity index (χ2n) is 6.85. The molecule has 1 aromatic carbocycles. The molecule has 1 aromatic heterocycles. The summed E-state index contributed by atoms with van der Waals surface area (Å²) in [5, 5.41) is 4.28. The molecule has 1 amide bonds. The van der Waals surface area contributed by atoms with E-state index < -0.39 is 0 Å². The summed E-state index contributed by atoms with van der Waals surface area (Å²) in [5.74, 6) is 0.113. The van der Waals surface area contributed by atoms with Gasteiger partial charge in [0, 0.05) is 29.2 Å². The Kier molecular flexibility index (Phi) is 4.71. The molecule has 2 heterocycles. The topological polar surface area (TPSA) is 48.1 Å². The first kappa shape index (κ1) is 16.1. The van der Waals surface area contributed by atoms with Crippen molar-refractivity contribution in [2.75, 3.05) is 19.6 Å². The first-order chi connectivity index (χ1) is 11.0. The first-order valence-corrected chi connectivity index (χ1v) is 8.63. The van der Waals surface area contributed by atoms with E-state index in [0.29, 0.717) is 12.5 Å². The fourth-order valence-electron chi connectivity index (χ4n) is 3.52. The first-order valence-electron chi connectivity index (χ1n) is 8.63. The van der Waals surface area contributed by atoms with Crippen LogP contribution < -0.4 is 5.32 Å². The quantitative estimate of drug-likeness (QED) is 0.891. The van der Waals surface area contributed by atoms with Crippen molar-refractivity contribution in [1.29, 1.82) is 0 Å². The van der Waals surface area contributed by atoms with Crippen LogP contribution in [0, 0.1) is 13.8 Å². The zero-order valence-electron chi connectivity index (χ0n) is 14.4. The highest BCUT2D eigenvalue weighted by molar-refractivity contribution is 5.90. The van der Waals surface area contributed by atoms with Gasteiger partial charge in [-0.05, 0) is 64.4 Å². The maximum absolute atomic E-state index is 12.4. The third-order valence-electron chi connectivity index (χ3n) is 4.97. The monoisotopic (exact) mass is 313 g/mol. The standard InChI is InChI=1S/C19H27N3O/c1-13-6-7-18-17(10-13)16(15(3)21-18)11-19(23)20-12-14(2)22-8-4-5-9-22/h6-7,10,14,21H,4-5,8-9,11-12H2,1-3H3,(H,20,23)/t14-/m1/s1. The van der Waals surface area contributed by atoms with E-state index in [2.05, 4.69) is 47.2 Å². The van der Waals surface area contributed by atoms with E-state index in [1.807, 2.05) is 6.92 Å². The molecular formula is C19H27N3O. The lowest BCUT2D eigenvalue weighted by molar-refractivity contribution is -0.120. The number of hydrogen-bond acceptors (Lipinski definition) is 2. The van der Waals surface area contributed by atoms with Gasteiger partial charge in [-0.25, -0.2) is 0 Å². The van der Waals surface area contributed by atoms with Crippen LogP contribution in [0.5, 0.6) is 0 Å². The number of hydrogen-bond donors (Lipinski definition) is 2. The highest BCUT2D eigenvalue weighted by Crippen LogP contribution is 2.23. The highest BCUT2D eigenvalue weighted by Gasteiger charge is 2.19. The van der Waals surface area contributed by atoms with Gasteiger partial charge in [0.2, 0.25) is 5.91 Å². The third kappa shape index (κ3) is 3.58. The number of likely N-dealkylation sites (tertiary alicyclic amines) is 1. The Bertz CT molecular complexity index is 698. The van der Waals surface area contributed by atoms with Gasteiger partial charge in [0.1, 0.15) is 0 Å². The van der Waals surface area contributed by atoms with Crippen molar-refractivity contribution in [2.24, 2.45) is 0 Å². The molecule has 2 aromatic rings. The van der Waals surface area contributed by atoms with Crippen LogP contribution in [0.3, 0.4) is 0 Å². The lowest BCUT2D eigenvalue weighted by atomic mass is 10.1. The molecular weight excluding hydrogens is 286 g/mol. The fraction of sp³-hybridized carbons (Fsp3) is 0.526. The number of carbonyl (C=O) groups is 1. The number of nitrogens with zero attached hydrogens (tertiary/aromatic N) is 1. The number of H-pyrrole nitrogens is 1. The molecule has 1 atom stereocenters. The van der Waals surface area contributed by atoms with E-state index in [0.717, 1.165) is 36.4 Å². The molecule has 3 rings (SSSR count). The number of aryl methyl sites for hydroxylation is 2. The highest BCUT2D eigenvalue weighted by atomic mass is 16.1. The number of benzene rings is 1. The lowest BCUT2D eigenvalue weighted by Crippen LogP contribution is -2.41. The fourth-order valence-corrected chi connectivity index (χ4v) is 3.52. The van der Waals surface area contributed by atoms with E-state index in [4.69, 9.17) is 0 Å². The number of rotatable bonds is 5. The summed E-state index contributed by atoms with van der Waals surface area (Å²) in [4.78, 5) is 18.2. The van der Waals surface area contributed by atoms with Gasteiger partial charge in [0.25, 0.3) is 0 Å². The Morgan fingerprint density at radius 1 is 1.30 bits per heavy atom. The average molecular weight is 313 g/mol. The third-order valence-corrected chi connectivity index (χ3v) is 4.97. The number of fused-ring (bicyclic) bond motifs is 1. The second-order valence-corrected chi connectivity index (χ2v) is 6.85. The zero-order valence-corrected chi connectivity index (χ0v) is 14.4. The molecule has 0 aliphatic carbocycles. The summed E-state index contributed by atoms with van der Waals surface area (Å²) in [7, 11) is 0. The number of amides is 1. The smallest absolute Gasteiger partial charge is 0.224 e. The van der Waals surface area contributed by atoms with Gasteiger partial charge < -0.3 is 10.3 Å². The summed E-state index contributed by atoms with van der Waals surface area (Å²) < 4.78 is 0. The van der Waals surface area contributed by atoms with Crippen molar-refractivity contribution in [3.8, 4) is 0 Å². The van der Waals surface area contributed by atoms with E-state index in [9.17, 15) is 4.79 Å². The summed E-state index contributed by atoms with van der Waals surface area (Å²) >= 11 is 0. The number of aromatic nitrogens is 1. The summed E-state index contributed by atoms with van der Waals surface area (Å²) in [6.07, 6.45) is 3.01. The molecule has 1 fully saturated rings. The van der Waals surface area contributed by atoms with Crippen LogP contribution in [0.1, 0.15) is 36.6 Å². The van der Waals surface area contributed by atoms with Crippen molar-refractivity contribution >= 4 is 16.8 Å². The molecule has 1 aliphatic rings. The Balaban J connectivity index is 1.63. The van der Waals surface area contributed by atoms with Crippen molar-refractivity contribution in [2.45, 2.75) is 46.1 Å². The Morgan fingerprint density at radius 2 is 2.04 bits per heavy atom. The van der Waals surface area contributed by atoms with Gasteiger partial charge in [-0.2, -0.15) is 0 Å². The van der Waals surface area contributed by atoms with E-state index in [1.54, 1.807) is 0 Å². The summed E-state index contributed by atoms with van der Waals surface area (Å²) in [6, 6.07) is 6.77. The zero-order chi connectivity index (χ0) is 16.4. The second kappa shape index (κ2) is 6.75. The maximum Gasteiger partial charge on any atom is 0.224 e. The predicted octanol–water partition coefficient (Wildman–Crippen LogP) is 2.93. The predicted molar refractivity (Wildman–Crippen MR) is 94.8 cm³/mol. The summed E-state index contributed by atoms with van der Waals surface area (Å²) in [5.41, 5.74) is 4.55. The van der Waals surface area contributed by atoms with Crippen molar-refractivity contribution in [1.82, 2.24) is 15.2 Å². The minimum Gasteiger partial charge on any atom is -0.358 e. The van der Waals surface area contributed by atoms with Gasteiger partial charge in [-0.3, -0.25) is 9.69 Å². The van der Waals surface area contributed by atoms with Crippen LogP contribution in [0.25, 0.3) is 10.9 Å². The Morgan fingerprint density at radius 3 is 2.78 bits per heavy atom. The molecule has 0 bridgehead atoms. The minimum atomic E-state index is 0.113. The van der Waals surface area contributed by atoms with Crippen LogP contribution in [0.2, 0.25) is 0 Å². The molecule has 0 saturated carbocycles. The molecule has 0 radical (unpaired) electrons. The molecule has 0 spiro atoms. The van der Waals surface area contributed by atoms with Crippen molar-refractivity contribution < 1.29 is 4.79 Å². The Hall–Kier alpha value is -1.81. The maximum atomic E-state index is 12.4. The summed E-state index contributed by atoms with van der Waals surface area (Å²) in [6.45, 7) is 9.40. The SMILES string of the molecule is Cc1ccc2[nH]c(C)c(CC(=O)NC[C@@H](C)N3CCCC3)c2c1. The van der Waals surface area contributed by atoms with Gasteiger partial charge in [0.15, 0.2) is 0 Å². The lowest BCUT2D eigenvalue weighted by Gasteiger charge is -2.23. The number of nitrogens with one attached hydrogen (secondary N) is 2. The molecule has 23 heavy (non-hydrogen) atoms. The molecule has 4 heteroatoms. The van der Waals surface area contributed by atoms with Gasteiger partial charge in [-0.15, -0.1) is 0 Å². The van der Waals surface area contributed by atoms with Crippen molar-refractivity contribution in [3.05, 3.63) is 35.0 Å². The molecule has 0 unspecified atom stereocenters. The van der Waals surface area contributed by atoms with Gasteiger partial charge >= 0.3 is 0 Å². The molecule has 1 saturated heterocycles. The van der Waals surface area contributed by atoms with Crippen LogP contribution in [-0.2, 0) is 11.2 Å². The molecule has 1 aliphatic heterocycles. The minimum absolute atomic E-state index is 0.113. The number of aromatic amines is 1. The van der Waals surface area contributed by atoms with Gasteiger partial charge in [-0.1, -0.05) is 11.6 Å².